The van der Waals surface area contributed by atoms with Crippen molar-refractivity contribution < 1.29 is 4.79 Å². The van der Waals surface area contributed by atoms with E-state index in [-0.39, 0.29) is 11.6 Å². The molecule has 1 amide bonds. The molecule has 4 rings (SSSR count). The Morgan fingerprint density at radius 1 is 0.625 bits per heavy atom. The van der Waals surface area contributed by atoms with E-state index in [9.17, 15) is 4.79 Å². The molecule has 0 saturated heterocycles. The molecule has 2 nitrogen and oxygen atoms in total. The molecule has 0 fully saturated rings. The van der Waals surface area contributed by atoms with Gasteiger partial charge in [-0.25, -0.2) is 0 Å². The van der Waals surface area contributed by atoms with E-state index in [1.807, 2.05) is 50.2 Å². The Kier molecular flexibility index (Phi) is 6.53. The van der Waals surface area contributed by atoms with Gasteiger partial charge >= 0.3 is 192 Å². The van der Waals surface area contributed by atoms with Crippen molar-refractivity contribution in [2.24, 2.45) is 0 Å². The van der Waals surface area contributed by atoms with Crippen LogP contribution in [0.3, 0.4) is 0 Å². The van der Waals surface area contributed by atoms with E-state index in [1.165, 1.54) is 15.9 Å². The standard InChI is InChI=1S/C29H30NOP/c1-22-14-13-15-23(2)28(22)30-29(31)24(3)32(25-16-7-4-8-17-25,26-18-9-5-10-19-26)27-20-11-6-12-21-27/h4-21,24,32H,1-3H3,(H,30,31). The molecule has 0 saturated carbocycles. The Morgan fingerprint density at radius 2 is 1.00 bits per heavy atom. The first kappa shape index (κ1) is 22.0. The summed E-state index contributed by atoms with van der Waals surface area (Å²) in [6, 6.07) is 37.9. The summed E-state index contributed by atoms with van der Waals surface area (Å²) in [5.41, 5.74) is 2.85. The van der Waals surface area contributed by atoms with Crippen molar-refractivity contribution in [2.75, 3.05) is 5.32 Å². The van der Waals surface area contributed by atoms with Gasteiger partial charge in [-0.2, -0.15) is 0 Å². The number of hydrogen-bond donors (Lipinski definition) is 1. The quantitative estimate of drug-likeness (QED) is 0.403. The molecule has 0 aliphatic rings. The zero-order valence-electron chi connectivity index (χ0n) is 18.9. The number of para-hydroxylation sites is 1. The Bertz CT molecular complexity index is 1070. The number of nitrogens with one attached hydrogen (secondary N) is 1. The summed E-state index contributed by atoms with van der Waals surface area (Å²) in [6.07, 6.45) is 0. The molecule has 1 N–H and O–H groups in total. The molecule has 162 valence electrons. The molecular formula is C29H30NOP. The van der Waals surface area contributed by atoms with Crippen LogP contribution in [0.5, 0.6) is 0 Å². The average molecular weight is 440 g/mol. The van der Waals surface area contributed by atoms with Crippen molar-refractivity contribution >= 4 is 34.8 Å². The molecule has 3 heteroatoms. The predicted molar refractivity (Wildman–Crippen MR) is 141 cm³/mol. The summed E-state index contributed by atoms with van der Waals surface area (Å²) in [4.78, 5) is 13.9. The SMILES string of the molecule is Cc1cccc(C)c1NC(=O)C(C)[PH](c1ccccc1)(c1ccccc1)c1ccccc1. The summed E-state index contributed by atoms with van der Waals surface area (Å²) < 4.78 is 0. The van der Waals surface area contributed by atoms with Crippen LogP contribution in [0.25, 0.3) is 0 Å². The number of amides is 1. The predicted octanol–water partition coefficient (Wildman–Crippen LogP) is 5.36. The van der Waals surface area contributed by atoms with Gasteiger partial charge in [-0.3, -0.25) is 0 Å². The van der Waals surface area contributed by atoms with Gasteiger partial charge in [0.25, 0.3) is 0 Å². The Hall–Kier alpha value is -3.22. The summed E-state index contributed by atoms with van der Waals surface area (Å²) in [5, 5.41) is 7.00. The Labute approximate surface area is 191 Å². The normalized spacial score (nSPS) is 12.7. The van der Waals surface area contributed by atoms with Crippen LogP contribution in [0.1, 0.15) is 18.1 Å². The van der Waals surface area contributed by atoms with Crippen molar-refractivity contribution in [1.82, 2.24) is 0 Å². The second-order valence-corrected chi connectivity index (χ2v) is 12.6. The van der Waals surface area contributed by atoms with Crippen LogP contribution in [0.4, 0.5) is 5.69 Å². The number of aryl methyl sites for hydroxylation is 2. The third-order valence-electron chi connectivity index (χ3n) is 6.46. The maximum atomic E-state index is 13.9. The van der Waals surface area contributed by atoms with Crippen molar-refractivity contribution in [3.63, 3.8) is 0 Å². The van der Waals surface area contributed by atoms with E-state index in [4.69, 9.17) is 0 Å². The van der Waals surface area contributed by atoms with E-state index in [0.29, 0.717) is 0 Å². The minimum atomic E-state index is -2.69. The third kappa shape index (κ3) is 3.99. The van der Waals surface area contributed by atoms with Gasteiger partial charge in [0.05, 0.1) is 0 Å². The van der Waals surface area contributed by atoms with Gasteiger partial charge in [-0.15, -0.1) is 0 Å². The molecule has 1 atom stereocenters. The number of rotatable bonds is 6. The van der Waals surface area contributed by atoms with Gasteiger partial charge in [0, 0.05) is 0 Å². The van der Waals surface area contributed by atoms with Crippen LogP contribution in [-0.2, 0) is 4.79 Å². The number of benzene rings is 4. The molecule has 0 aliphatic heterocycles. The molecule has 32 heavy (non-hydrogen) atoms. The molecular weight excluding hydrogens is 409 g/mol. The third-order valence-corrected chi connectivity index (χ3v) is 11.8. The molecule has 0 aliphatic carbocycles. The van der Waals surface area contributed by atoms with Crippen LogP contribution in [0.15, 0.2) is 109 Å². The molecule has 0 aromatic heterocycles. The van der Waals surface area contributed by atoms with Crippen molar-refractivity contribution in [3.05, 3.63) is 120 Å². The molecule has 4 aromatic carbocycles. The number of hydrogen-bond acceptors (Lipinski definition) is 1. The molecule has 0 heterocycles. The van der Waals surface area contributed by atoms with Crippen molar-refractivity contribution in [3.8, 4) is 0 Å². The van der Waals surface area contributed by atoms with Crippen LogP contribution >= 0.6 is 7.26 Å². The summed E-state index contributed by atoms with van der Waals surface area (Å²) in [6.45, 7) is 6.19. The monoisotopic (exact) mass is 439 g/mol. The first-order valence-electron chi connectivity index (χ1n) is 11.1. The average Bonchev–Trinajstić information content (AvgIpc) is 2.84. The molecule has 0 bridgehead atoms. The fraction of sp³-hybridized carbons (Fsp3) is 0.138. The number of anilines is 1. The van der Waals surface area contributed by atoms with Gasteiger partial charge in [0.1, 0.15) is 0 Å². The van der Waals surface area contributed by atoms with Gasteiger partial charge in [0.2, 0.25) is 0 Å². The van der Waals surface area contributed by atoms with E-state index >= 15 is 0 Å². The zero-order valence-corrected chi connectivity index (χ0v) is 19.9. The first-order valence-corrected chi connectivity index (χ1v) is 13.2. The summed E-state index contributed by atoms with van der Waals surface area (Å²) in [5.74, 6) is 0.0608. The minimum absolute atomic E-state index is 0.0608. The Morgan fingerprint density at radius 3 is 1.38 bits per heavy atom. The van der Waals surface area contributed by atoms with E-state index < -0.39 is 7.26 Å². The topological polar surface area (TPSA) is 29.1 Å². The van der Waals surface area contributed by atoms with Crippen LogP contribution < -0.4 is 21.2 Å². The van der Waals surface area contributed by atoms with E-state index in [0.717, 1.165) is 16.8 Å². The van der Waals surface area contributed by atoms with E-state index in [2.05, 4.69) is 85.0 Å². The van der Waals surface area contributed by atoms with Crippen molar-refractivity contribution in [1.29, 1.82) is 0 Å². The Balaban J connectivity index is 1.92. The summed E-state index contributed by atoms with van der Waals surface area (Å²) >= 11 is 0. The van der Waals surface area contributed by atoms with Gasteiger partial charge in [0.15, 0.2) is 0 Å². The maximum absolute atomic E-state index is 13.9. The second-order valence-electron chi connectivity index (χ2n) is 8.38. The fourth-order valence-electron chi connectivity index (χ4n) is 4.79. The molecule has 0 radical (unpaired) electrons. The zero-order chi connectivity index (χ0) is 22.6. The van der Waals surface area contributed by atoms with Crippen LogP contribution in [-0.4, -0.2) is 11.6 Å². The van der Waals surface area contributed by atoms with Gasteiger partial charge in [-0.1, -0.05) is 0 Å². The van der Waals surface area contributed by atoms with Gasteiger partial charge < -0.3 is 0 Å². The number of carbonyl (C=O) groups excluding carboxylic acids is 1. The fourth-order valence-corrected chi connectivity index (χ4v) is 9.91. The molecule has 1 unspecified atom stereocenters. The first-order chi connectivity index (χ1) is 15.5. The molecule has 4 aromatic rings. The van der Waals surface area contributed by atoms with Crippen LogP contribution in [0, 0.1) is 13.8 Å². The number of carbonyl (C=O) groups is 1. The summed E-state index contributed by atoms with van der Waals surface area (Å²) in [7, 11) is -2.69. The second kappa shape index (κ2) is 9.51. The van der Waals surface area contributed by atoms with Gasteiger partial charge in [-0.05, 0) is 0 Å². The van der Waals surface area contributed by atoms with E-state index in [1.54, 1.807) is 0 Å². The molecule has 0 spiro atoms. The van der Waals surface area contributed by atoms with Crippen LogP contribution in [0.2, 0.25) is 0 Å². The van der Waals surface area contributed by atoms with Crippen molar-refractivity contribution in [2.45, 2.75) is 26.4 Å².